The van der Waals surface area contributed by atoms with Gasteiger partial charge in [-0.05, 0) is 31.0 Å². The fourth-order valence-electron chi connectivity index (χ4n) is 2.90. The van der Waals surface area contributed by atoms with Crippen molar-refractivity contribution in [3.05, 3.63) is 52.7 Å². The summed E-state index contributed by atoms with van der Waals surface area (Å²) in [5.74, 6) is 2.04. The van der Waals surface area contributed by atoms with Gasteiger partial charge in [0.2, 0.25) is 5.91 Å². The summed E-state index contributed by atoms with van der Waals surface area (Å²) >= 11 is 0. The van der Waals surface area contributed by atoms with Crippen molar-refractivity contribution in [1.82, 2.24) is 14.7 Å². The molecular formula is C20H20N4O5. The first-order valence-corrected chi connectivity index (χ1v) is 9.13. The first kappa shape index (κ1) is 18.7. The number of ether oxygens (including phenoxy) is 2. The molecular weight excluding hydrogens is 376 g/mol. The zero-order chi connectivity index (χ0) is 20.4. The van der Waals surface area contributed by atoms with E-state index in [1.54, 1.807) is 24.3 Å². The third kappa shape index (κ3) is 4.13. The zero-order valence-electron chi connectivity index (χ0n) is 16.0. The standard InChI is InChI=1S/C20H20N4O5/c1-27-14-6-7-16(28-2)15(9-14)21-17(25)11-24-10-13(5-8-18(24)26)20-22-19(23-29-20)12-3-4-12/h5-10,12H,3-4,11H2,1-2H3,(H,21,25). The zero-order valence-corrected chi connectivity index (χ0v) is 16.0. The number of aromatic nitrogens is 3. The van der Waals surface area contributed by atoms with Crippen molar-refractivity contribution < 1.29 is 18.8 Å². The Morgan fingerprint density at radius 3 is 2.79 bits per heavy atom. The molecule has 9 heteroatoms. The molecule has 9 nitrogen and oxygen atoms in total. The number of rotatable bonds is 7. The average Bonchev–Trinajstić information content (AvgIpc) is 3.46. The molecule has 4 rings (SSSR count). The molecule has 2 heterocycles. The number of nitrogens with zero attached hydrogens (tertiary/aromatic N) is 3. The largest absolute Gasteiger partial charge is 0.497 e. The van der Waals surface area contributed by atoms with Crippen LogP contribution in [0.25, 0.3) is 11.5 Å². The molecule has 1 aliphatic carbocycles. The van der Waals surface area contributed by atoms with Crippen molar-refractivity contribution in [1.29, 1.82) is 0 Å². The number of carbonyl (C=O) groups is 1. The van der Waals surface area contributed by atoms with Crippen LogP contribution < -0.4 is 20.3 Å². The van der Waals surface area contributed by atoms with Crippen LogP contribution in [0.1, 0.15) is 24.6 Å². The highest BCUT2D eigenvalue weighted by molar-refractivity contribution is 5.92. The molecule has 1 saturated carbocycles. The van der Waals surface area contributed by atoms with Crippen molar-refractivity contribution in [2.24, 2.45) is 0 Å². The predicted octanol–water partition coefficient (Wildman–Crippen LogP) is 2.43. The van der Waals surface area contributed by atoms with Crippen LogP contribution >= 0.6 is 0 Å². The smallest absolute Gasteiger partial charge is 0.259 e. The lowest BCUT2D eigenvalue weighted by Gasteiger charge is -2.12. The van der Waals surface area contributed by atoms with Crippen LogP contribution in [0.2, 0.25) is 0 Å². The van der Waals surface area contributed by atoms with Crippen LogP contribution in [0.3, 0.4) is 0 Å². The van der Waals surface area contributed by atoms with Gasteiger partial charge in [-0.3, -0.25) is 9.59 Å². The Balaban J connectivity index is 1.53. The summed E-state index contributed by atoms with van der Waals surface area (Å²) in [5, 5.41) is 6.72. The van der Waals surface area contributed by atoms with E-state index in [1.165, 1.54) is 31.0 Å². The lowest BCUT2D eigenvalue weighted by Crippen LogP contribution is -2.27. The summed E-state index contributed by atoms with van der Waals surface area (Å²) in [4.78, 5) is 29.1. The van der Waals surface area contributed by atoms with Crippen molar-refractivity contribution in [3.8, 4) is 23.0 Å². The summed E-state index contributed by atoms with van der Waals surface area (Å²) in [5.41, 5.74) is 0.714. The van der Waals surface area contributed by atoms with Gasteiger partial charge in [0.1, 0.15) is 18.0 Å². The molecule has 29 heavy (non-hydrogen) atoms. The van der Waals surface area contributed by atoms with Gasteiger partial charge in [0, 0.05) is 24.2 Å². The lowest BCUT2D eigenvalue weighted by molar-refractivity contribution is -0.116. The van der Waals surface area contributed by atoms with Crippen LogP contribution in [0.15, 0.2) is 45.8 Å². The number of amides is 1. The van der Waals surface area contributed by atoms with Gasteiger partial charge in [-0.25, -0.2) is 0 Å². The van der Waals surface area contributed by atoms with Gasteiger partial charge < -0.3 is 23.9 Å². The van der Waals surface area contributed by atoms with Crippen LogP contribution in [0.5, 0.6) is 11.5 Å². The molecule has 3 aromatic rings. The second kappa shape index (κ2) is 7.78. The summed E-state index contributed by atoms with van der Waals surface area (Å²) in [7, 11) is 3.04. The summed E-state index contributed by atoms with van der Waals surface area (Å²) in [6.07, 6.45) is 3.66. The molecule has 1 amide bonds. The molecule has 0 atom stereocenters. The lowest BCUT2D eigenvalue weighted by atomic mass is 10.2. The van der Waals surface area contributed by atoms with Gasteiger partial charge in [0.25, 0.3) is 11.4 Å². The highest BCUT2D eigenvalue weighted by Gasteiger charge is 2.29. The Hall–Kier alpha value is -3.62. The molecule has 0 radical (unpaired) electrons. The minimum absolute atomic E-state index is 0.184. The van der Waals surface area contributed by atoms with Gasteiger partial charge in [-0.2, -0.15) is 4.98 Å². The van der Waals surface area contributed by atoms with E-state index in [0.717, 1.165) is 12.8 Å². The van der Waals surface area contributed by atoms with E-state index in [-0.39, 0.29) is 18.0 Å². The van der Waals surface area contributed by atoms with Crippen molar-refractivity contribution in [2.45, 2.75) is 25.3 Å². The Morgan fingerprint density at radius 2 is 2.07 bits per heavy atom. The number of methoxy groups -OCH3 is 2. The molecule has 0 bridgehead atoms. The van der Waals surface area contributed by atoms with Gasteiger partial charge in [0.05, 0.1) is 25.5 Å². The van der Waals surface area contributed by atoms with Gasteiger partial charge in [-0.1, -0.05) is 5.16 Å². The van der Waals surface area contributed by atoms with Gasteiger partial charge >= 0.3 is 0 Å². The number of pyridine rings is 1. The topological polar surface area (TPSA) is 108 Å². The number of hydrogen-bond acceptors (Lipinski definition) is 7. The van der Waals surface area contributed by atoms with E-state index < -0.39 is 0 Å². The number of nitrogens with one attached hydrogen (secondary N) is 1. The van der Waals surface area contributed by atoms with Crippen LogP contribution in [0.4, 0.5) is 5.69 Å². The molecule has 150 valence electrons. The first-order valence-electron chi connectivity index (χ1n) is 9.13. The fraction of sp³-hybridized carbons (Fsp3) is 0.300. The molecule has 0 spiro atoms. The van der Waals surface area contributed by atoms with Gasteiger partial charge in [0.15, 0.2) is 5.82 Å². The SMILES string of the molecule is COc1ccc(OC)c(NC(=O)Cn2cc(-c3nc(C4CC4)no3)ccc2=O)c1. The Bertz CT molecular complexity index is 1100. The van der Waals surface area contributed by atoms with E-state index in [4.69, 9.17) is 14.0 Å². The summed E-state index contributed by atoms with van der Waals surface area (Å²) < 4.78 is 17.0. The van der Waals surface area contributed by atoms with Crippen molar-refractivity contribution in [3.63, 3.8) is 0 Å². The van der Waals surface area contributed by atoms with Crippen LogP contribution in [-0.2, 0) is 11.3 Å². The predicted molar refractivity (Wildman–Crippen MR) is 104 cm³/mol. The second-order valence-corrected chi connectivity index (χ2v) is 6.73. The van der Waals surface area contributed by atoms with Crippen LogP contribution in [0, 0.1) is 0 Å². The van der Waals surface area contributed by atoms with Crippen molar-refractivity contribution >= 4 is 11.6 Å². The Labute approximate surface area is 166 Å². The maximum Gasteiger partial charge on any atom is 0.259 e. The van der Waals surface area contributed by atoms with Crippen molar-refractivity contribution in [2.75, 3.05) is 19.5 Å². The van der Waals surface area contributed by atoms with Gasteiger partial charge in [-0.15, -0.1) is 0 Å². The fourth-order valence-corrected chi connectivity index (χ4v) is 2.90. The highest BCUT2D eigenvalue weighted by atomic mass is 16.5. The maximum absolute atomic E-state index is 12.5. The van der Waals surface area contributed by atoms with Crippen LogP contribution in [-0.4, -0.2) is 34.8 Å². The normalized spacial score (nSPS) is 13.2. The van der Waals surface area contributed by atoms with E-state index in [9.17, 15) is 9.59 Å². The highest BCUT2D eigenvalue weighted by Crippen LogP contribution is 2.38. The van der Waals surface area contributed by atoms with E-state index >= 15 is 0 Å². The number of benzene rings is 1. The van der Waals surface area contributed by atoms with E-state index in [0.29, 0.717) is 40.4 Å². The maximum atomic E-state index is 12.5. The number of hydrogen-bond donors (Lipinski definition) is 1. The third-order valence-corrected chi connectivity index (χ3v) is 4.61. The second-order valence-electron chi connectivity index (χ2n) is 6.73. The summed E-state index contributed by atoms with van der Waals surface area (Å²) in [6, 6.07) is 8.03. The quantitative estimate of drug-likeness (QED) is 0.653. The molecule has 0 unspecified atom stereocenters. The minimum Gasteiger partial charge on any atom is -0.497 e. The Kier molecular flexibility index (Phi) is 5.03. The molecule has 1 fully saturated rings. The molecule has 2 aromatic heterocycles. The molecule has 1 aromatic carbocycles. The summed E-state index contributed by atoms with van der Waals surface area (Å²) in [6.45, 7) is -0.184. The third-order valence-electron chi connectivity index (χ3n) is 4.61. The van der Waals surface area contributed by atoms with E-state index in [1.807, 2.05) is 0 Å². The van der Waals surface area contributed by atoms with E-state index in [2.05, 4.69) is 15.5 Å². The number of carbonyl (C=O) groups excluding carboxylic acids is 1. The molecule has 0 saturated heterocycles. The monoisotopic (exact) mass is 396 g/mol. The minimum atomic E-state index is -0.389. The number of anilines is 1. The average molecular weight is 396 g/mol. The Morgan fingerprint density at radius 1 is 1.24 bits per heavy atom. The first-order chi connectivity index (χ1) is 14.1. The molecule has 1 aliphatic rings. The molecule has 0 aliphatic heterocycles. The molecule has 1 N–H and O–H groups in total.